The van der Waals surface area contributed by atoms with E-state index in [-0.39, 0.29) is 11.9 Å². The molecule has 4 rings (SSSR count). The number of carbonyl (C=O) groups is 1. The first-order valence-corrected chi connectivity index (χ1v) is 8.24. The molecule has 5 heteroatoms. The van der Waals surface area contributed by atoms with Crippen LogP contribution in [0.2, 0.25) is 0 Å². The third kappa shape index (κ3) is 2.65. The van der Waals surface area contributed by atoms with Crippen LogP contribution in [0.25, 0.3) is 0 Å². The number of hydrogen-bond acceptors (Lipinski definition) is 3. The van der Waals surface area contributed by atoms with E-state index in [1.165, 1.54) is 5.56 Å². The van der Waals surface area contributed by atoms with Gasteiger partial charge in [0.25, 0.3) is 0 Å². The lowest BCUT2D eigenvalue weighted by Gasteiger charge is -2.29. The standard InChI is InChI=1S/C18H22N4O/c1-13(23)22-9-15-8-21(10-16-7-19-12-20-16)11-17(15)18(22)14-5-3-2-4-6-14/h2-7,12,15,17-18H,8-11H2,1H3,(H,19,20)/t15-,17-,18+/m1/s1. The lowest BCUT2D eigenvalue weighted by molar-refractivity contribution is -0.130. The average Bonchev–Trinajstić information content (AvgIpc) is 3.24. The fourth-order valence-corrected chi connectivity index (χ4v) is 4.28. The van der Waals surface area contributed by atoms with Crippen LogP contribution in [-0.4, -0.2) is 45.3 Å². The van der Waals surface area contributed by atoms with Gasteiger partial charge in [0.15, 0.2) is 0 Å². The Labute approximate surface area is 136 Å². The van der Waals surface area contributed by atoms with Crippen LogP contribution < -0.4 is 0 Å². The topological polar surface area (TPSA) is 52.2 Å². The number of hydrogen-bond donors (Lipinski definition) is 1. The molecule has 0 unspecified atom stereocenters. The molecule has 0 radical (unpaired) electrons. The van der Waals surface area contributed by atoms with E-state index in [0.717, 1.165) is 31.9 Å². The van der Waals surface area contributed by atoms with Gasteiger partial charge >= 0.3 is 0 Å². The molecule has 1 aromatic carbocycles. The zero-order valence-corrected chi connectivity index (χ0v) is 13.4. The van der Waals surface area contributed by atoms with Gasteiger partial charge in [-0.25, -0.2) is 4.98 Å². The summed E-state index contributed by atoms with van der Waals surface area (Å²) in [5.74, 6) is 1.27. The van der Waals surface area contributed by atoms with Crippen molar-refractivity contribution in [1.82, 2.24) is 19.8 Å². The van der Waals surface area contributed by atoms with Crippen molar-refractivity contribution in [3.63, 3.8) is 0 Å². The lowest BCUT2D eigenvalue weighted by Crippen LogP contribution is -2.34. The van der Waals surface area contributed by atoms with Crippen LogP contribution in [0.15, 0.2) is 42.9 Å². The minimum Gasteiger partial charge on any atom is -0.347 e. The maximum Gasteiger partial charge on any atom is 0.219 e. The molecule has 2 aliphatic heterocycles. The highest BCUT2D eigenvalue weighted by Crippen LogP contribution is 2.45. The quantitative estimate of drug-likeness (QED) is 0.944. The van der Waals surface area contributed by atoms with Crippen molar-refractivity contribution in [3.8, 4) is 0 Å². The second-order valence-electron chi connectivity index (χ2n) is 6.72. The number of benzene rings is 1. The summed E-state index contributed by atoms with van der Waals surface area (Å²) in [7, 11) is 0. The van der Waals surface area contributed by atoms with E-state index < -0.39 is 0 Å². The third-order valence-corrected chi connectivity index (χ3v) is 5.23. The number of aromatic nitrogens is 2. The summed E-state index contributed by atoms with van der Waals surface area (Å²) in [6, 6.07) is 10.7. The number of amides is 1. The Morgan fingerprint density at radius 2 is 2.09 bits per heavy atom. The summed E-state index contributed by atoms with van der Waals surface area (Å²) in [5.41, 5.74) is 2.42. The second-order valence-corrected chi connectivity index (χ2v) is 6.72. The molecule has 2 aromatic rings. The number of H-pyrrole nitrogens is 1. The molecule has 1 N–H and O–H groups in total. The van der Waals surface area contributed by atoms with Crippen LogP contribution in [0.5, 0.6) is 0 Å². The molecule has 2 aliphatic rings. The molecule has 0 aliphatic carbocycles. The molecule has 23 heavy (non-hydrogen) atoms. The van der Waals surface area contributed by atoms with Crippen molar-refractivity contribution in [2.75, 3.05) is 19.6 Å². The molecule has 2 saturated heterocycles. The lowest BCUT2D eigenvalue weighted by atomic mass is 9.89. The Morgan fingerprint density at radius 1 is 1.26 bits per heavy atom. The molecular weight excluding hydrogens is 288 g/mol. The van der Waals surface area contributed by atoms with Gasteiger partial charge < -0.3 is 9.88 Å². The fraction of sp³-hybridized carbons (Fsp3) is 0.444. The van der Waals surface area contributed by atoms with Gasteiger partial charge in [-0.1, -0.05) is 30.3 Å². The first kappa shape index (κ1) is 14.5. The predicted octanol–water partition coefficient (Wildman–Crippen LogP) is 2.06. The van der Waals surface area contributed by atoms with E-state index in [9.17, 15) is 4.79 Å². The van der Waals surface area contributed by atoms with Gasteiger partial charge in [-0.2, -0.15) is 0 Å². The van der Waals surface area contributed by atoms with Gasteiger partial charge in [-0.05, 0) is 11.5 Å². The third-order valence-electron chi connectivity index (χ3n) is 5.23. The number of imidazole rings is 1. The summed E-state index contributed by atoms with van der Waals surface area (Å²) < 4.78 is 0. The number of fused-ring (bicyclic) bond motifs is 1. The highest BCUT2D eigenvalue weighted by atomic mass is 16.2. The smallest absolute Gasteiger partial charge is 0.219 e. The number of nitrogens with one attached hydrogen (secondary N) is 1. The molecule has 120 valence electrons. The summed E-state index contributed by atoms with van der Waals surface area (Å²) in [4.78, 5) is 23.9. The van der Waals surface area contributed by atoms with Crippen LogP contribution in [-0.2, 0) is 11.3 Å². The maximum atomic E-state index is 12.1. The van der Waals surface area contributed by atoms with Gasteiger partial charge in [0.05, 0.1) is 12.4 Å². The fourth-order valence-electron chi connectivity index (χ4n) is 4.28. The molecule has 0 saturated carbocycles. The van der Waals surface area contributed by atoms with Crippen molar-refractivity contribution in [1.29, 1.82) is 0 Å². The van der Waals surface area contributed by atoms with Crippen molar-refractivity contribution in [2.45, 2.75) is 19.5 Å². The Morgan fingerprint density at radius 3 is 2.78 bits per heavy atom. The summed E-state index contributed by atoms with van der Waals surface area (Å²) >= 11 is 0. The number of nitrogens with zero attached hydrogens (tertiary/aromatic N) is 3. The van der Waals surface area contributed by atoms with Gasteiger partial charge in [0.1, 0.15) is 0 Å². The van der Waals surface area contributed by atoms with E-state index in [0.29, 0.717) is 11.8 Å². The van der Waals surface area contributed by atoms with E-state index in [1.807, 2.05) is 12.3 Å². The molecule has 0 bridgehead atoms. The summed E-state index contributed by atoms with van der Waals surface area (Å²) in [6.45, 7) is 5.57. The summed E-state index contributed by atoms with van der Waals surface area (Å²) in [6.07, 6.45) is 3.63. The van der Waals surface area contributed by atoms with Crippen LogP contribution in [0.1, 0.15) is 24.2 Å². The van der Waals surface area contributed by atoms with E-state index in [4.69, 9.17) is 0 Å². The minimum atomic E-state index is 0.188. The number of rotatable bonds is 3. The zero-order valence-electron chi connectivity index (χ0n) is 13.4. The van der Waals surface area contributed by atoms with Crippen molar-refractivity contribution in [2.24, 2.45) is 11.8 Å². The molecule has 2 fully saturated rings. The predicted molar refractivity (Wildman–Crippen MR) is 87.4 cm³/mol. The normalized spacial score (nSPS) is 27.3. The van der Waals surface area contributed by atoms with Gasteiger partial charge in [-0.3, -0.25) is 9.69 Å². The monoisotopic (exact) mass is 310 g/mol. The van der Waals surface area contributed by atoms with Crippen LogP contribution in [0.4, 0.5) is 0 Å². The molecule has 3 heterocycles. The number of aromatic amines is 1. The van der Waals surface area contributed by atoms with E-state index >= 15 is 0 Å². The van der Waals surface area contributed by atoms with Crippen molar-refractivity contribution < 1.29 is 4.79 Å². The molecular formula is C18H22N4O. The maximum absolute atomic E-state index is 12.1. The first-order chi connectivity index (χ1) is 11.2. The largest absolute Gasteiger partial charge is 0.347 e. The number of carbonyl (C=O) groups excluding carboxylic acids is 1. The highest BCUT2D eigenvalue weighted by Gasteiger charge is 2.48. The van der Waals surface area contributed by atoms with Crippen molar-refractivity contribution in [3.05, 3.63) is 54.1 Å². The van der Waals surface area contributed by atoms with Crippen LogP contribution >= 0.6 is 0 Å². The van der Waals surface area contributed by atoms with Gasteiger partial charge in [-0.15, -0.1) is 0 Å². The Hall–Kier alpha value is -2.14. The average molecular weight is 310 g/mol. The van der Waals surface area contributed by atoms with Crippen molar-refractivity contribution >= 4 is 5.91 Å². The highest BCUT2D eigenvalue weighted by molar-refractivity contribution is 5.74. The van der Waals surface area contributed by atoms with E-state index in [2.05, 4.69) is 44.0 Å². The molecule has 0 spiro atoms. The number of likely N-dealkylation sites (tertiary alicyclic amines) is 2. The molecule has 1 amide bonds. The molecule has 5 nitrogen and oxygen atoms in total. The van der Waals surface area contributed by atoms with Gasteiger partial charge in [0.2, 0.25) is 5.91 Å². The zero-order chi connectivity index (χ0) is 15.8. The second kappa shape index (κ2) is 5.81. The molecule has 3 atom stereocenters. The SMILES string of the molecule is CC(=O)N1C[C@H]2CN(Cc3cnc[nH]3)C[C@H]2[C@@H]1c1ccccc1. The summed E-state index contributed by atoms with van der Waals surface area (Å²) in [5, 5.41) is 0. The first-order valence-electron chi connectivity index (χ1n) is 8.24. The van der Waals surface area contributed by atoms with Crippen LogP contribution in [0, 0.1) is 11.8 Å². The Balaban J connectivity index is 1.55. The molecule has 1 aromatic heterocycles. The van der Waals surface area contributed by atoms with Gasteiger partial charge in [0, 0.05) is 50.9 Å². The van der Waals surface area contributed by atoms with Crippen LogP contribution in [0.3, 0.4) is 0 Å². The Kier molecular flexibility index (Phi) is 3.65. The minimum absolute atomic E-state index is 0.188. The Bertz CT molecular complexity index is 670. The van der Waals surface area contributed by atoms with E-state index in [1.54, 1.807) is 13.3 Å².